The molecule has 0 bridgehead atoms. The molecule has 1 aromatic carbocycles. The first-order valence-corrected chi connectivity index (χ1v) is 8.07. The van der Waals surface area contributed by atoms with E-state index in [1.54, 1.807) is 12.1 Å². The maximum Gasteiger partial charge on any atom is 0.124 e. The molecule has 0 aliphatic carbocycles. The molecule has 0 spiro atoms. The summed E-state index contributed by atoms with van der Waals surface area (Å²) in [5, 5.41) is 3.59. The van der Waals surface area contributed by atoms with Crippen LogP contribution in [0.5, 0.6) is 0 Å². The lowest BCUT2D eigenvalue weighted by molar-refractivity contribution is 0.225. The van der Waals surface area contributed by atoms with Crippen molar-refractivity contribution in [2.45, 2.75) is 51.7 Å². The van der Waals surface area contributed by atoms with Crippen LogP contribution in [0.4, 0.5) is 4.39 Å². The van der Waals surface area contributed by atoms with Crippen LogP contribution in [0.1, 0.15) is 39.2 Å². The molecule has 112 valence electrons. The lowest BCUT2D eigenvalue weighted by Crippen LogP contribution is -2.45. The second kappa shape index (κ2) is 6.54. The van der Waals surface area contributed by atoms with E-state index in [2.05, 4.69) is 46.9 Å². The molecule has 0 amide bonds. The van der Waals surface area contributed by atoms with Crippen molar-refractivity contribution in [2.75, 3.05) is 13.1 Å². The highest BCUT2D eigenvalue weighted by Gasteiger charge is 2.26. The van der Waals surface area contributed by atoms with E-state index in [4.69, 9.17) is 0 Å². The first-order valence-electron chi connectivity index (χ1n) is 7.28. The summed E-state index contributed by atoms with van der Waals surface area (Å²) in [4.78, 5) is 2.50. The van der Waals surface area contributed by atoms with Gasteiger partial charge in [0.15, 0.2) is 0 Å². The van der Waals surface area contributed by atoms with E-state index in [9.17, 15) is 4.39 Å². The van der Waals surface area contributed by atoms with Gasteiger partial charge >= 0.3 is 0 Å². The van der Waals surface area contributed by atoms with Crippen LogP contribution < -0.4 is 5.32 Å². The van der Waals surface area contributed by atoms with Crippen LogP contribution in [0, 0.1) is 5.82 Å². The zero-order valence-electron chi connectivity index (χ0n) is 12.5. The zero-order valence-corrected chi connectivity index (χ0v) is 14.1. The normalized spacial score (nSPS) is 20.6. The molecule has 0 saturated carbocycles. The number of halogens is 2. The summed E-state index contributed by atoms with van der Waals surface area (Å²) in [5.41, 5.74) is 1.32. The maximum absolute atomic E-state index is 13.1. The number of nitrogens with zero attached hydrogens (tertiary/aromatic N) is 1. The SMILES string of the molecule is CC(C)(C)NCC1CCCN1Cc1ccc(F)cc1Br. The van der Waals surface area contributed by atoms with Gasteiger partial charge < -0.3 is 5.32 Å². The van der Waals surface area contributed by atoms with Gasteiger partial charge in [-0.3, -0.25) is 4.90 Å². The summed E-state index contributed by atoms with van der Waals surface area (Å²) < 4.78 is 14.0. The predicted octanol–water partition coefficient (Wildman–Crippen LogP) is 3.94. The Labute approximate surface area is 129 Å². The molecule has 1 heterocycles. The van der Waals surface area contributed by atoms with E-state index in [-0.39, 0.29) is 11.4 Å². The predicted molar refractivity (Wildman–Crippen MR) is 85.3 cm³/mol. The largest absolute Gasteiger partial charge is 0.311 e. The van der Waals surface area contributed by atoms with Crippen LogP contribution in [0.15, 0.2) is 22.7 Å². The third kappa shape index (κ3) is 4.54. The van der Waals surface area contributed by atoms with Gasteiger partial charge in [0.2, 0.25) is 0 Å². The molecule has 0 aromatic heterocycles. The molecule has 2 nitrogen and oxygen atoms in total. The second-order valence-corrected chi connectivity index (χ2v) is 7.49. The van der Waals surface area contributed by atoms with Crippen LogP contribution in [-0.2, 0) is 6.54 Å². The highest BCUT2D eigenvalue weighted by Crippen LogP contribution is 2.24. The Morgan fingerprint density at radius 1 is 1.40 bits per heavy atom. The number of hydrogen-bond donors (Lipinski definition) is 1. The Balaban J connectivity index is 1.97. The highest BCUT2D eigenvalue weighted by atomic mass is 79.9. The first kappa shape index (κ1) is 15.9. The van der Waals surface area contributed by atoms with E-state index in [1.807, 2.05) is 6.07 Å². The fourth-order valence-corrected chi connectivity index (χ4v) is 3.10. The Kier molecular flexibility index (Phi) is 5.21. The zero-order chi connectivity index (χ0) is 14.8. The van der Waals surface area contributed by atoms with Crippen molar-refractivity contribution in [1.82, 2.24) is 10.2 Å². The van der Waals surface area contributed by atoms with Gasteiger partial charge in [-0.1, -0.05) is 22.0 Å². The lowest BCUT2D eigenvalue weighted by Gasteiger charge is -2.29. The third-order valence-corrected chi connectivity index (χ3v) is 4.49. The van der Waals surface area contributed by atoms with Crippen molar-refractivity contribution in [3.8, 4) is 0 Å². The van der Waals surface area contributed by atoms with Crippen molar-refractivity contribution >= 4 is 15.9 Å². The molecule has 1 saturated heterocycles. The van der Waals surface area contributed by atoms with Crippen molar-refractivity contribution < 1.29 is 4.39 Å². The van der Waals surface area contributed by atoms with Gasteiger partial charge in [-0.25, -0.2) is 4.39 Å². The molecular weight excluding hydrogens is 319 g/mol. The third-order valence-electron chi connectivity index (χ3n) is 3.76. The first-order chi connectivity index (χ1) is 9.35. The fourth-order valence-electron chi connectivity index (χ4n) is 2.63. The Morgan fingerprint density at radius 2 is 2.15 bits per heavy atom. The summed E-state index contributed by atoms with van der Waals surface area (Å²) in [7, 11) is 0. The molecule has 2 rings (SSSR count). The summed E-state index contributed by atoms with van der Waals surface area (Å²) >= 11 is 3.46. The van der Waals surface area contributed by atoms with Gasteiger partial charge in [0, 0.05) is 29.1 Å². The van der Waals surface area contributed by atoms with Crippen LogP contribution in [0.25, 0.3) is 0 Å². The minimum atomic E-state index is -0.187. The van der Waals surface area contributed by atoms with Crippen LogP contribution in [0.3, 0.4) is 0 Å². The van der Waals surface area contributed by atoms with E-state index >= 15 is 0 Å². The molecule has 4 heteroatoms. The lowest BCUT2D eigenvalue weighted by atomic mass is 10.1. The standard InChI is InChI=1S/C16H24BrFN2/c1-16(2,3)19-10-14-5-4-8-20(14)11-12-6-7-13(18)9-15(12)17/h6-7,9,14,19H,4-5,8,10-11H2,1-3H3. The highest BCUT2D eigenvalue weighted by molar-refractivity contribution is 9.10. The van der Waals surface area contributed by atoms with Crippen molar-refractivity contribution in [1.29, 1.82) is 0 Å². The fraction of sp³-hybridized carbons (Fsp3) is 0.625. The van der Waals surface area contributed by atoms with Gasteiger partial charge in [-0.2, -0.15) is 0 Å². The molecule has 1 aliphatic heterocycles. The Morgan fingerprint density at radius 3 is 2.80 bits per heavy atom. The Hall–Kier alpha value is -0.450. The van der Waals surface area contributed by atoms with Gasteiger partial charge in [0.05, 0.1) is 0 Å². The van der Waals surface area contributed by atoms with Crippen LogP contribution in [0.2, 0.25) is 0 Å². The molecular formula is C16H24BrFN2. The van der Waals surface area contributed by atoms with Gasteiger partial charge in [-0.05, 0) is 57.9 Å². The molecule has 1 aromatic rings. The van der Waals surface area contributed by atoms with Crippen LogP contribution >= 0.6 is 15.9 Å². The summed E-state index contributed by atoms with van der Waals surface area (Å²) in [5.74, 6) is -0.187. The minimum absolute atomic E-state index is 0.157. The number of benzene rings is 1. The van der Waals surface area contributed by atoms with E-state index in [0.29, 0.717) is 6.04 Å². The number of hydrogen-bond acceptors (Lipinski definition) is 2. The quantitative estimate of drug-likeness (QED) is 0.891. The average molecular weight is 343 g/mol. The van der Waals surface area contributed by atoms with Crippen molar-refractivity contribution in [2.24, 2.45) is 0 Å². The monoisotopic (exact) mass is 342 g/mol. The number of likely N-dealkylation sites (tertiary alicyclic amines) is 1. The van der Waals surface area contributed by atoms with E-state index in [0.717, 1.165) is 29.7 Å². The van der Waals surface area contributed by atoms with E-state index in [1.165, 1.54) is 12.8 Å². The number of rotatable bonds is 4. The Bertz CT molecular complexity index is 456. The maximum atomic E-state index is 13.1. The average Bonchev–Trinajstić information content (AvgIpc) is 2.77. The van der Waals surface area contributed by atoms with Crippen LogP contribution in [-0.4, -0.2) is 29.6 Å². The van der Waals surface area contributed by atoms with Crippen molar-refractivity contribution in [3.63, 3.8) is 0 Å². The topological polar surface area (TPSA) is 15.3 Å². The summed E-state index contributed by atoms with van der Waals surface area (Å²) in [6.45, 7) is 9.62. The molecule has 1 aliphatic rings. The van der Waals surface area contributed by atoms with E-state index < -0.39 is 0 Å². The van der Waals surface area contributed by atoms with Gasteiger partial charge in [-0.15, -0.1) is 0 Å². The van der Waals surface area contributed by atoms with Gasteiger partial charge in [0.25, 0.3) is 0 Å². The molecule has 1 fully saturated rings. The molecule has 1 N–H and O–H groups in total. The minimum Gasteiger partial charge on any atom is -0.311 e. The smallest absolute Gasteiger partial charge is 0.124 e. The summed E-state index contributed by atoms with van der Waals surface area (Å²) in [6.07, 6.45) is 2.48. The number of nitrogens with one attached hydrogen (secondary N) is 1. The van der Waals surface area contributed by atoms with Gasteiger partial charge in [0.1, 0.15) is 5.82 Å². The summed E-state index contributed by atoms with van der Waals surface area (Å²) in [6, 6.07) is 5.55. The molecule has 1 unspecified atom stereocenters. The molecule has 1 atom stereocenters. The molecule has 20 heavy (non-hydrogen) atoms. The molecule has 0 radical (unpaired) electrons. The van der Waals surface area contributed by atoms with Crippen molar-refractivity contribution in [3.05, 3.63) is 34.1 Å². The second-order valence-electron chi connectivity index (χ2n) is 6.63.